The van der Waals surface area contributed by atoms with E-state index in [1.807, 2.05) is 48.5 Å². The van der Waals surface area contributed by atoms with E-state index in [9.17, 15) is 14.4 Å². The molecule has 0 spiro atoms. The van der Waals surface area contributed by atoms with Crippen molar-refractivity contribution in [3.05, 3.63) is 131 Å². The normalized spacial score (nSPS) is 11.9. The lowest BCUT2D eigenvalue weighted by Crippen LogP contribution is -2.39. The van der Waals surface area contributed by atoms with Gasteiger partial charge in [0.1, 0.15) is 11.9 Å². The van der Waals surface area contributed by atoms with Gasteiger partial charge in [0.25, 0.3) is 11.8 Å². The summed E-state index contributed by atoms with van der Waals surface area (Å²) < 4.78 is 0. The molecule has 0 saturated heterocycles. The molecule has 216 valence electrons. The highest BCUT2D eigenvalue weighted by molar-refractivity contribution is 6.09. The monoisotopic (exact) mass is 570 g/mol. The van der Waals surface area contributed by atoms with Crippen LogP contribution in [0.25, 0.3) is 22.0 Å². The molecule has 3 amide bonds. The van der Waals surface area contributed by atoms with E-state index in [-0.39, 0.29) is 23.1 Å². The van der Waals surface area contributed by atoms with Crippen molar-refractivity contribution in [3.8, 4) is 11.1 Å². The smallest absolute Gasteiger partial charge is 0.257 e. The molecule has 0 aliphatic rings. The SMILES string of the molecule is CNC(=O)[C@@H](NC(=O)c1ccc2nc(NC(=O)c3ccccc3-c3ccc(C(C)(C)C)cc3)ccc2c1)c1ccccc1. The number of likely N-dealkylation sites (N-methyl/N-ethyl adjacent to an activating group) is 1. The molecule has 0 saturated carbocycles. The van der Waals surface area contributed by atoms with Crippen LogP contribution in [-0.4, -0.2) is 29.8 Å². The number of hydrogen-bond acceptors (Lipinski definition) is 4. The van der Waals surface area contributed by atoms with Gasteiger partial charge in [-0.2, -0.15) is 0 Å². The third-order valence-corrected chi connectivity index (χ3v) is 7.34. The number of carbonyl (C=O) groups excluding carboxylic acids is 3. The van der Waals surface area contributed by atoms with Crippen LogP contribution in [0.5, 0.6) is 0 Å². The molecule has 1 heterocycles. The maximum atomic E-state index is 13.4. The Labute approximate surface area is 251 Å². The van der Waals surface area contributed by atoms with E-state index in [4.69, 9.17) is 0 Å². The third kappa shape index (κ3) is 6.62. The zero-order valence-electron chi connectivity index (χ0n) is 24.6. The molecule has 0 aliphatic heterocycles. The van der Waals surface area contributed by atoms with Crippen LogP contribution >= 0.6 is 0 Å². The molecule has 1 atom stereocenters. The average molecular weight is 571 g/mol. The summed E-state index contributed by atoms with van der Waals surface area (Å²) in [5, 5.41) is 9.07. The summed E-state index contributed by atoms with van der Waals surface area (Å²) in [4.78, 5) is 43.6. The zero-order valence-corrected chi connectivity index (χ0v) is 24.6. The van der Waals surface area contributed by atoms with Crippen molar-refractivity contribution < 1.29 is 14.4 Å². The van der Waals surface area contributed by atoms with E-state index >= 15 is 0 Å². The minimum Gasteiger partial charge on any atom is -0.357 e. The number of rotatable bonds is 7. The molecule has 7 nitrogen and oxygen atoms in total. The lowest BCUT2D eigenvalue weighted by Gasteiger charge is -2.19. The van der Waals surface area contributed by atoms with Crippen LogP contribution in [0.3, 0.4) is 0 Å². The molecule has 5 rings (SSSR count). The van der Waals surface area contributed by atoms with E-state index in [0.717, 1.165) is 16.5 Å². The standard InChI is InChI=1S/C36H34N4O3/c1-36(2,3)27-18-14-23(15-19-27)28-12-8-9-13-29(28)34(42)39-31-21-17-25-22-26(16-20-30(25)38-31)33(41)40-32(35(43)37-4)24-10-6-5-7-11-24/h5-22,32H,1-4H3,(H,37,43)(H,40,41)(H,38,39,42)/t32-/m0/s1. The lowest BCUT2D eigenvalue weighted by molar-refractivity contribution is -0.122. The first-order valence-electron chi connectivity index (χ1n) is 14.1. The predicted molar refractivity (Wildman–Crippen MR) is 171 cm³/mol. The first-order valence-corrected chi connectivity index (χ1v) is 14.1. The van der Waals surface area contributed by atoms with Crippen molar-refractivity contribution in [2.75, 3.05) is 12.4 Å². The fraction of sp³-hybridized carbons (Fsp3) is 0.167. The average Bonchev–Trinajstić information content (AvgIpc) is 3.03. The molecule has 1 aromatic heterocycles. The van der Waals surface area contributed by atoms with Gasteiger partial charge in [-0.05, 0) is 64.1 Å². The summed E-state index contributed by atoms with van der Waals surface area (Å²) in [5.41, 5.74) is 5.29. The molecule has 4 aromatic carbocycles. The molecule has 5 aromatic rings. The van der Waals surface area contributed by atoms with Crippen molar-refractivity contribution >= 4 is 34.4 Å². The highest BCUT2D eigenvalue weighted by Gasteiger charge is 2.22. The summed E-state index contributed by atoms with van der Waals surface area (Å²) in [7, 11) is 1.53. The Balaban J connectivity index is 1.34. The van der Waals surface area contributed by atoms with Gasteiger partial charge in [0.05, 0.1) is 5.52 Å². The number of carbonyl (C=O) groups is 3. The van der Waals surface area contributed by atoms with Gasteiger partial charge in [-0.1, -0.05) is 93.6 Å². The van der Waals surface area contributed by atoms with E-state index in [0.29, 0.717) is 28.0 Å². The number of amides is 3. The quantitative estimate of drug-likeness (QED) is 0.204. The maximum Gasteiger partial charge on any atom is 0.257 e. The summed E-state index contributed by atoms with van der Waals surface area (Å²) in [6, 6.07) is 32.6. The Bertz CT molecular complexity index is 1790. The third-order valence-electron chi connectivity index (χ3n) is 7.34. The second-order valence-electron chi connectivity index (χ2n) is 11.4. The Hall–Kier alpha value is -5.30. The first kappa shape index (κ1) is 29.2. The second-order valence-corrected chi connectivity index (χ2v) is 11.4. The Kier molecular flexibility index (Phi) is 8.34. The summed E-state index contributed by atoms with van der Waals surface area (Å²) in [6.45, 7) is 6.51. The second kappa shape index (κ2) is 12.3. The minimum atomic E-state index is -0.829. The molecule has 0 aliphatic carbocycles. The van der Waals surface area contributed by atoms with Gasteiger partial charge in [-0.25, -0.2) is 4.98 Å². The molecule has 0 fully saturated rings. The van der Waals surface area contributed by atoms with Gasteiger partial charge in [0, 0.05) is 23.6 Å². The first-order chi connectivity index (χ1) is 20.6. The summed E-state index contributed by atoms with van der Waals surface area (Å²) >= 11 is 0. The number of fused-ring (bicyclic) bond motifs is 1. The summed E-state index contributed by atoms with van der Waals surface area (Å²) in [6.07, 6.45) is 0. The van der Waals surface area contributed by atoms with Crippen LogP contribution in [-0.2, 0) is 10.2 Å². The van der Waals surface area contributed by atoms with Crippen LogP contribution in [0.15, 0.2) is 109 Å². The molecular weight excluding hydrogens is 536 g/mol. The predicted octanol–water partition coefficient (Wildman–Crippen LogP) is 6.67. The van der Waals surface area contributed by atoms with Gasteiger partial charge < -0.3 is 16.0 Å². The fourth-order valence-electron chi connectivity index (χ4n) is 4.91. The van der Waals surface area contributed by atoms with Gasteiger partial charge in [-0.15, -0.1) is 0 Å². The molecule has 0 unspecified atom stereocenters. The van der Waals surface area contributed by atoms with E-state index < -0.39 is 6.04 Å². The number of benzene rings is 4. The molecule has 0 bridgehead atoms. The van der Waals surface area contributed by atoms with Crippen LogP contribution in [0, 0.1) is 0 Å². The van der Waals surface area contributed by atoms with Crippen LogP contribution < -0.4 is 16.0 Å². The number of anilines is 1. The topological polar surface area (TPSA) is 100 Å². The van der Waals surface area contributed by atoms with Crippen molar-refractivity contribution in [3.63, 3.8) is 0 Å². The van der Waals surface area contributed by atoms with Crippen molar-refractivity contribution in [1.82, 2.24) is 15.6 Å². The Morgan fingerprint density at radius 2 is 1.44 bits per heavy atom. The molecule has 43 heavy (non-hydrogen) atoms. The largest absolute Gasteiger partial charge is 0.357 e. The van der Waals surface area contributed by atoms with Crippen LogP contribution in [0.2, 0.25) is 0 Å². The minimum absolute atomic E-state index is 0.0396. The van der Waals surface area contributed by atoms with Crippen LogP contribution in [0.4, 0.5) is 5.82 Å². The Morgan fingerprint density at radius 3 is 2.14 bits per heavy atom. The maximum absolute atomic E-state index is 13.4. The van der Waals surface area contributed by atoms with Crippen molar-refractivity contribution in [1.29, 1.82) is 0 Å². The molecule has 0 radical (unpaired) electrons. The zero-order chi connectivity index (χ0) is 30.6. The van der Waals surface area contributed by atoms with E-state index in [2.05, 4.69) is 53.8 Å². The Morgan fingerprint density at radius 1 is 0.744 bits per heavy atom. The molecule has 3 N–H and O–H groups in total. The molecule has 7 heteroatoms. The number of nitrogens with zero attached hydrogens (tertiary/aromatic N) is 1. The van der Waals surface area contributed by atoms with Crippen molar-refractivity contribution in [2.24, 2.45) is 0 Å². The molecular formula is C36H34N4O3. The van der Waals surface area contributed by atoms with Crippen LogP contribution in [0.1, 0.15) is 58.7 Å². The number of nitrogens with one attached hydrogen (secondary N) is 3. The number of hydrogen-bond donors (Lipinski definition) is 3. The number of aromatic nitrogens is 1. The fourth-order valence-corrected chi connectivity index (χ4v) is 4.91. The number of pyridine rings is 1. The van der Waals surface area contributed by atoms with Gasteiger partial charge in [0.15, 0.2) is 0 Å². The van der Waals surface area contributed by atoms with E-state index in [1.165, 1.54) is 12.6 Å². The van der Waals surface area contributed by atoms with Gasteiger partial charge in [0.2, 0.25) is 5.91 Å². The summed E-state index contributed by atoms with van der Waals surface area (Å²) in [5.74, 6) is -0.564. The lowest BCUT2D eigenvalue weighted by atomic mass is 9.86. The highest BCUT2D eigenvalue weighted by atomic mass is 16.2. The van der Waals surface area contributed by atoms with E-state index in [1.54, 1.807) is 48.5 Å². The highest BCUT2D eigenvalue weighted by Crippen LogP contribution is 2.29. The van der Waals surface area contributed by atoms with Crippen molar-refractivity contribution in [2.45, 2.75) is 32.2 Å². The van der Waals surface area contributed by atoms with Gasteiger partial charge >= 0.3 is 0 Å². The van der Waals surface area contributed by atoms with Gasteiger partial charge in [-0.3, -0.25) is 14.4 Å².